The zero-order valence-electron chi connectivity index (χ0n) is 8.36. The number of hydrogen-bond acceptors (Lipinski definition) is 2. The van der Waals surface area contributed by atoms with E-state index in [-0.39, 0.29) is 18.8 Å². The molecule has 1 saturated heterocycles. The van der Waals surface area contributed by atoms with E-state index in [0.717, 1.165) is 19.6 Å². The second-order valence-electron chi connectivity index (χ2n) is 4.58. The minimum atomic E-state index is -2.36. The molecular weight excluding hydrogens is 186 g/mol. The van der Waals surface area contributed by atoms with Crippen molar-refractivity contribution >= 4 is 0 Å². The predicted molar refractivity (Wildman–Crippen MR) is 51.6 cm³/mol. The highest BCUT2D eigenvalue weighted by Gasteiger charge is 2.44. The second-order valence-corrected chi connectivity index (χ2v) is 4.58. The third kappa shape index (κ3) is 2.64. The van der Waals surface area contributed by atoms with E-state index in [2.05, 4.69) is 10.6 Å². The normalized spacial score (nSPS) is 32.6. The summed E-state index contributed by atoms with van der Waals surface area (Å²) in [4.78, 5) is 0. The van der Waals surface area contributed by atoms with Crippen LogP contribution in [0, 0.1) is 5.92 Å². The first-order valence-electron chi connectivity index (χ1n) is 5.48. The lowest BCUT2D eigenvalue weighted by Crippen LogP contribution is -2.48. The summed E-state index contributed by atoms with van der Waals surface area (Å²) in [5.41, 5.74) is 0. The molecule has 82 valence electrons. The van der Waals surface area contributed by atoms with Gasteiger partial charge in [-0.1, -0.05) is 0 Å². The van der Waals surface area contributed by atoms with Crippen molar-refractivity contribution in [3.63, 3.8) is 0 Å². The molecular formula is C10H18F2N2. The third-order valence-electron chi connectivity index (χ3n) is 3.17. The molecule has 0 spiro atoms. The topological polar surface area (TPSA) is 24.1 Å². The molecule has 2 N–H and O–H groups in total. The van der Waals surface area contributed by atoms with Crippen LogP contribution < -0.4 is 10.6 Å². The fraction of sp³-hybridized carbons (Fsp3) is 1.00. The molecule has 1 heterocycles. The minimum absolute atomic E-state index is 0.0835. The van der Waals surface area contributed by atoms with E-state index in [0.29, 0.717) is 6.04 Å². The largest absolute Gasteiger partial charge is 0.315 e. The maximum Gasteiger partial charge on any atom is 0.248 e. The van der Waals surface area contributed by atoms with Crippen molar-refractivity contribution in [2.24, 2.45) is 5.92 Å². The van der Waals surface area contributed by atoms with E-state index in [1.54, 1.807) is 0 Å². The number of halogens is 2. The van der Waals surface area contributed by atoms with Crippen LogP contribution in [0.3, 0.4) is 0 Å². The van der Waals surface area contributed by atoms with Crippen LogP contribution in [-0.4, -0.2) is 31.6 Å². The van der Waals surface area contributed by atoms with Gasteiger partial charge in [-0.15, -0.1) is 0 Å². The van der Waals surface area contributed by atoms with Gasteiger partial charge in [-0.3, -0.25) is 0 Å². The van der Waals surface area contributed by atoms with Crippen LogP contribution in [0.2, 0.25) is 0 Å². The molecule has 0 aromatic heterocycles. The van der Waals surface area contributed by atoms with E-state index >= 15 is 0 Å². The standard InChI is InChI=1S/C10H18F2N2/c11-10(12)4-8(5-10)6-14-9-2-1-3-13-7-9/h8-9,13-14H,1-7H2. The molecule has 0 aromatic carbocycles. The van der Waals surface area contributed by atoms with Crippen molar-refractivity contribution in [1.29, 1.82) is 0 Å². The quantitative estimate of drug-likeness (QED) is 0.725. The molecule has 1 unspecified atom stereocenters. The Kier molecular flexibility index (Phi) is 3.02. The Morgan fingerprint density at radius 2 is 2.14 bits per heavy atom. The highest BCUT2D eigenvalue weighted by Crippen LogP contribution is 2.41. The van der Waals surface area contributed by atoms with Gasteiger partial charge in [0, 0.05) is 25.4 Å². The van der Waals surface area contributed by atoms with E-state index < -0.39 is 5.92 Å². The molecule has 1 aliphatic heterocycles. The predicted octanol–water partition coefficient (Wildman–Crippen LogP) is 1.37. The Labute approximate surface area is 83.4 Å². The van der Waals surface area contributed by atoms with Crippen molar-refractivity contribution < 1.29 is 8.78 Å². The zero-order chi connectivity index (χ0) is 10.0. The summed E-state index contributed by atoms with van der Waals surface area (Å²) in [5, 5.41) is 6.67. The van der Waals surface area contributed by atoms with Crippen molar-refractivity contribution in [1.82, 2.24) is 10.6 Å². The molecule has 0 amide bonds. The van der Waals surface area contributed by atoms with Gasteiger partial charge in [0.05, 0.1) is 0 Å². The summed E-state index contributed by atoms with van der Waals surface area (Å²) in [5.74, 6) is -2.16. The van der Waals surface area contributed by atoms with Gasteiger partial charge in [-0.2, -0.15) is 0 Å². The Hall–Kier alpha value is -0.220. The van der Waals surface area contributed by atoms with Gasteiger partial charge in [0.25, 0.3) is 0 Å². The van der Waals surface area contributed by atoms with E-state index in [9.17, 15) is 8.78 Å². The number of hydrogen-bond donors (Lipinski definition) is 2. The zero-order valence-corrected chi connectivity index (χ0v) is 8.36. The average Bonchev–Trinajstić information content (AvgIpc) is 2.13. The lowest BCUT2D eigenvalue weighted by molar-refractivity contribution is -0.109. The Morgan fingerprint density at radius 1 is 1.36 bits per heavy atom. The van der Waals surface area contributed by atoms with Gasteiger partial charge in [-0.05, 0) is 31.8 Å². The monoisotopic (exact) mass is 204 g/mol. The highest BCUT2D eigenvalue weighted by molar-refractivity contribution is 4.88. The van der Waals surface area contributed by atoms with Gasteiger partial charge < -0.3 is 10.6 Å². The first-order valence-corrected chi connectivity index (χ1v) is 5.48. The van der Waals surface area contributed by atoms with Crippen molar-refractivity contribution in [3.8, 4) is 0 Å². The number of rotatable bonds is 3. The smallest absolute Gasteiger partial charge is 0.248 e. The molecule has 0 aromatic rings. The molecule has 1 aliphatic carbocycles. The first kappa shape index (κ1) is 10.3. The van der Waals surface area contributed by atoms with Gasteiger partial charge in [-0.25, -0.2) is 8.78 Å². The fourth-order valence-electron chi connectivity index (χ4n) is 2.29. The lowest BCUT2D eigenvalue weighted by Gasteiger charge is -2.36. The first-order chi connectivity index (χ1) is 6.66. The molecule has 14 heavy (non-hydrogen) atoms. The summed E-state index contributed by atoms with van der Waals surface area (Å²) >= 11 is 0. The van der Waals surface area contributed by atoms with Crippen LogP contribution in [0.15, 0.2) is 0 Å². The third-order valence-corrected chi connectivity index (χ3v) is 3.17. The Bertz CT molecular complexity index is 183. The van der Waals surface area contributed by atoms with Crippen LogP contribution in [0.1, 0.15) is 25.7 Å². The van der Waals surface area contributed by atoms with Crippen molar-refractivity contribution in [2.75, 3.05) is 19.6 Å². The number of alkyl halides is 2. The van der Waals surface area contributed by atoms with Gasteiger partial charge in [0.1, 0.15) is 0 Å². The summed E-state index contributed by atoms with van der Waals surface area (Å²) in [6.07, 6.45) is 2.54. The van der Waals surface area contributed by atoms with Crippen molar-refractivity contribution in [2.45, 2.75) is 37.6 Å². The molecule has 2 rings (SSSR count). The summed E-state index contributed by atoms with van der Waals surface area (Å²) in [7, 11) is 0. The van der Waals surface area contributed by atoms with Crippen LogP contribution in [0.25, 0.3) is 0 Å². The van der Waals surface area contributed by atoms with E-state index in [4.69, 9.17) is 0 Å². The summed E-state index contributed by atoms with van der Waals surface area (Å²) in [6.45, 7) is 2.85. The van der Waals surface area contributed by atoms with Gasteiger partial charge >= 0.3 is 0 Å². The highest BCUT2D eigenvalue weighted by atomic mass is 19.3. The molecule has 4 heteroatoms. The number of nitrogens with one attached hydrogen (secondary N) is 2. The van der Waals surface area contributed by atoms with Gasteiger partial charge in [0.2, 0.25) is 5.92 Å². The summed E-state index contributed by atoms with van der Waals surface area (Å²) < 4.78 is 25.0. The summed E-state index contributed by atoms with van der Waals surface area (Å²) in [6, 6.07) is 0.498. The van der Waals surface area contributed by atoms with E-state index in [1.165, 1.54) is 12.8 Å². The maximum atomic E-state index is 12.5. The Balaban J connectivity index is 1.59. The minimum Gasteiger partial charge on any atom is -0.315 e. The maximum absolute atomic E-state index is 12.5. The molecule has 0 radical (unpaired) electrons. The van der Waals surface area contributed by atoms with Crippen LogP contribution in [0.4, 0.5) is 8.78 Å². The number of piperidine rings is 1. The second kappa shape index (κ2) is 4.11. The van der Waals surface area contributed by atoms with Crippen LogP contribution >= 0.6 is 0 Å². The van der Waals surface area contributed by atoms with Crippen LogP contribution in [0.5, 0.6) is 0 Å². The molecule has 2 aliphatic rings. The van der Waals surface area contributed by atoms with Gasteiger partial charge in [0.15, 0.2) is 0 Å². The van der Waals surface area contributed by atoms with Crippen molar-refractivity contribution in [3.05, 3.63) is 0 Å². The Morgan fingerprint density at radius 3 is 2.71 bits per heavy atom. The van der Waals surface area contributed by atoms with E-state index in [1.807, 2.05) is 0 Å². The molecule has 2 nitrogen and oxygen atoms in total. The molecule has 0 bridgehead atoms. The van der Waals surface area contributed by atoms with Crippen LogP contribution in [-0.2, 0) is 0 Å². The average molecular weight is 204 g/mol. The lowest BCUT2D eigenvalue weighted by atomic mass is 9.81. The molecule has 1 saturated carbocycles. The SMILES string of the molecule is FC1(F)CC(CNC2CCCNC2)C1. The molecule has 2 fully saturated rings. The molecule has 1 atom stereocenters. The fourth-order valence-corrected chi connectivity index (χ4v) is 2.29.